The van der Waals surface area contributed by atoms with Crippen molar-refractivity contribution in [3.8, 4) is 17.2 Å². The molecule has 0 saturated carbocycles. The minimum Gasteiger partial charge on any atom is -0.358 e. The lowest BCUT2D eigenvalue weighted by Crippen LogP contribution is -2.13. The molecule has 0 bridgehead atoms. The first kappa shape index (κ1) is 22.7. The third-order valence-electron chi connectivity index (χ3n) is 6.24. The highest BCUT2D eigenvalue weighted by atomic mass is 15.2. The summed E-state index contributed by atoms with van der Waals surface area (Å²) in [5.41, 5.74) is 9.62. The van der Waals surface area contributed by atoms with Crippen molar-refractivity contribution in [3.05, 3.63) is 84.4 Å². The number of hydrogen-bond acceptors (Lipinski definition) is 6. The van der Waals surface area contributed by atoms with E-state index in [4.69, 9.17) is 9.97 Å². The third kappa shape index (κ3) is 4.35. The number of rotatable bonds is 7. The Hall–Kier alpha value is -4.79. The topological polar surface area (TPSA) is 112 Å². The van der Waals surface area contributed by atoms with Crippen LogP contribution in [0.25, 0.3) is 44.8 Å². The fourth-order valence-corrected chi connectivity index (χ4v) is 4.50. The van der Waals surface area contributed by atoms with Crippen LogP contribution in [0.3, 0.4) is 0 Å². The number of pyridine rings is 1. The predicted octanol–water partition coefficient (Wildman–Crippen LogP) is 5.25. The van der Waals surface area contributed by atoms with Gasteiger partial charge in [0.25, 0.3) is 0 Å². The molecule has 0 saturated heterocycles. The molecule has 6 rings (SSSR count). The number of aromatic nitrogens is 7. The van der Waals surface area contributed by atoms with Gasteiger partial charge in [-0.25, -0.2) is 15.0 Å². The highest BCUT2D eigenvalue weighted by Gasteiger charge is 2.17. The van der Waals surface area contributed by atoms with Crippen molar-refractivity contribution in [1.29, 1.82) is 0 Å². The Balaban J connectivity index is 1.39. The predicted molar refractivity (Wildman–Crippen MR) is 147 cm³/mol. The van der Waals surface area contributed by atoms with E-state index in [0.29, 0.717) is 18.1 Å². The number of aryl methyl sites for hydroxylation is 1. The number of para-hydroxylation sites is 1. The van der Waals surface area contributed by atoms with E-state index >= 15 is 0 Å². The van der Waals surface area contributed by atoms with Crippen LogP contribution in [0.2, 0.25) is 0 Å². The largest absolute Gasteiger partial charge is 0.358 e. The van der Waals surface area contributed by atoms with Crippen LogP contribution >= 0.6 is 0 Å². The number of hydrogen-bond donors (Lipinski definition) is 3. The Kier molecular flexibility index (Phi) is 5.72. The van der Waals surface area contributed by atoms with Gasteiger partial charge in [0.15, 0.2) is 11.5 Å². The molecule has 0 atom stereocenters. The van der Waals surface area contributed by atoms with Crippen LogP contribution in [-0.4, -0.2) is 47.5 Å². The van der Waals surface area contributed by atoms with Crippen LogP contribution in [0.5, 0.6) is 0 Å². The maximum atomic E-state index is 4.99. The zero-order valence-electron chi connectivity index (χ0n) is 20.8. The first-order chi connectivity index (χ1) is 18.1. The average molecular weight is 490 g/mol. The number of H-pyrrole nitrogens is 2. The molecule has 5 aromatic rings. The smallest absolute Gasteiger partial charge is 0.161 e. The summed E-state index contributed by atoms with van der Waals surface area (Å²) in [6, 6.07) is 10.0. The minimum atomic E-state index is 0.579. The molecule has 9 nitrogen and oxygen atoms in total. The summed E-state index contributed by atoms with van der Waals surface area (Å²) in [7, 11) is 0. The number of benzene rings is 1. The molecule has 9 heteroatoms. The highest BCUT2D eigenvalue weighted by molar-refractivity contribution is 5.94. The van der Waals surface area contributed by atoms with E-state index in [2.05, 4.69) is 56.1 Å². The lowest BCUT2D eigenvalue weighted by atomic mass is 10.1. The molecule has 0 radical (unpaired) electrons. The van der Waals surface area contributed by atoms with Gasteiger partial charge in [0.05, 0.1) is 46.7 Å². The van der Waals surface area contributed by atoms with Gasteiger partial charge in [-0.15, -0.1) is 0 Å². The first-order valence-electron chi connectivity index (χ1n) is 12.3. The summed E-state index contributed by atoms with van der Waals surface area (Å²) >= 11 is 0. The number of nitrogens with zero attached hydrogens (tertiary/aromatic N) is 6. The molecule has 0 unspecified atom stereocenters. The Labute approximate surface area is 213 Å². The SMILES string of the molecule is C=C(CCC)NC1=CC(c2ccc3[nH]nc(-c4nc5c(-n6cnc(C)c6)cccc5[nH]4)c3n2)=CCN=C1. The van der Waals surface area contributed by atoms with Crippen molar-refractivity contribution in [3.63, 3.8) is 0 Å². The molecular formula is C28H27N9. The molecule has 0 aliphatic carbocycles. The number of nitrogens with one attached hydrogen (secondary N) is 3. The summed E-state index contributed by atoms with van der Waals surface area (Å²) < 4.78 is 1.98. The van der Waals surface area contributed by atoms with Gasteiger partial charge in [-0.05, 0) is 43.7 Å². The molecule has 37 heavy (non-hydrogen) atoms. The van der Waals surface area contributed by atoms with Crippen LogP contribution in [-0.2, 0) is 0 Å². The molecule has 5 heterocycles. The van der Waals surface area contributed by atoms with Crippen LogP contribution in [0.15, 0.2) is 78.0 Å². The van der Waals surface area contributed by atoms with Crippen molar-refractivity contribution < 1.29 is 0 Å². The van der Waals surface area contributed by atoms with Gasteiger partial charge in [0.1, 0.15) is 11.0 Å². The molecule has 0 amide bonds. The fraction of sp³-hybridized carbons (Fsp3) is 0.179. The lowest BCUT2D eigenvalue weighted by Gasteiger charge is -2.09. The quantitative estimate of drug-likeness (QED) is 0.289. The molecular weight excluding hydrogens is 462 g/mol. The highest BCUT2D eigenvalue weighted by Crippen LogP contribution is 2.29. The molecule has 1 aromatic carbocycles. The van der Waals surface area contributed by atoms with Crippen molar-refractivity contribution in [2.75, 3.05) is 6.54 Å². The number of imidazole rings is 2. The second kappa shape index (κ2) is 9.34. The average Bonchev–Trinajstić information content (AvgIpc) is 3.58. The van der Waals surface area contributed by atoms with E-state index in [0.717, 1.165) is 69.0 Å². The molecule has 0 spiro atoms. The van der Waals surface area contributed by atoms with Crippen molar-refractivity contribution >= 4 is 33.9 Å². The molecule has 1 aliphatic heterocycles. The molecule has 184 valence electrons. The monoisotopic (exact) mass is 489 g/mol. The van der Waals surface area contributed by atoms with Crippen LogP contribution in [0, 0.1) is 6.92 Å². The summed E-state index contributed by atoms with van der Waals surface area (Å²) in [5.74, 6) is 0.655. The maximum Gasteiger partial charge on any atom is 0.161 e. The standard InChI is InChI=1S/C28H27N9/c1-4-6-17(2)31-20-13-19(11-12-29-14-20)21-9-10-23-26(32-21)27(36-35-23)28-33-22-7-5-8-24(25(22)34-28)37-15-18(3)30-16-37/h5,7-11,13-16,31H,2,4,6,12H2,1,3H3,(H,33,34)(H,35,36). The minimum absolute atomic E-state index is 0.579. The fourth-order valence-electron chi connectivity index (χ4n) is 4.50. The maximum absolute atomic E-state index is 4.99. The van der Waals surface area contributed by atoms with Crippen LogP contribution in [0.4, 0.5) is 0 Å². The molecule has 0 fully saturated rings. The van der Waals surface area contributed by atoms with E-state index in [9.17, 15) is 0 Å². The summed E-state index contributed by atoms with van der Waals surface area (Å²) in [6.45, 7) is 8.80. The van der Waals surface area contributed by atoms with E-state index in [1.807, 2.05) is 54.2 Å². The normalized spacial score (nSPS) is 13.6. The number of fused-ring (bicyclic) bond motifs is 2. The Morgan fingerprint density at radius 3 is 2.89 bits per heavy atom. The van der Waals surface area contributed by atoms with Crippen LogP contribution in [0.1, 0.15) is 31.2 Å². The van der Waals surface area contributed by atoms with Crippen molar-refractivity contribution in [1.82, 2.24) is 40.0 Å². The Bertz CT molecular complexity index is 1720. The summed E-state index contributed by atoms with van der Waals surface area (Å²) in [5, 5.41) is 11.0. The summed E-state index contributed by atoms with van der Waals surface area (Å²) in [4.78, 5) is 22.2. The van der Waals surface area contributed by atoms with Gasteiger partial charge in [-0.2, -0.15) is 5.10 Å². The van der Waals surface area contributed by atoms with Gasteiger partial charge in [0, 0.05) is 23.7 Å². The zero-order chi connectivity index (χ0) is 25.4. The van der Waals surface area contributed by atoms with E-state index in [1.165, 1.54) is 0 Å². The van der Waals surface area contributed by atoms with Gasteiger partial charge in [0.2, 0.25) is 0 Å². The van der Waals surface area contributed by atoms with Gasteiger partial charge < -0.3 is 14.9 Å². The van der Waals surface area contributed by atoms with Crippen LogP contribution < -0.4 is 5.32 Å². The van der Waals surface area contributed by atoms with E-state index in [1.54, 1.807) is 6.33 Å². The van der Waals surface area contributed by atoms with E-state index < -0.39 is 0 Å². The second-order valence-electron chi connectivity index (χ2n) is 9.08. The number of allylic oxidation sites excluding steroid dienone is 4. The van der Waals surface area contributed by atoms with E-state index in [-0.39, 0.29) is 0 Å². The zero-order valence-corrected chi connectivity index (χ0v) is 20.8. The Morgan fingerprint density at radius 1 is 1.14 bits per heavy atom. The van der Waals surface area contributed by atoms with Gasteiger partial charge in [-0.3, -0.25) is 10.1 Å². The first-order valence-corrected chi connectivity index (χ1v) is 12.3. The molecule has 3 N–H and O–H groups in total. The van der Waals surface area contributed by atoms with Gasteiger partial charge >= 0.3 is 0 Å². The number of aliphatic imine (C=N–C) groups is 1. The van der Waals surface area contributed by atoms with Gasteiger partial charge in [-0.1, -0.05) is 32.1 Å². The van der Waals surface area contributed by atoms with Crippen molar-refractivity contribution in [2.24, 2.45) is 4.99 Å². The number of aromatic amines is 2. The molecule has 4 aromatic heterocycles. The lowest BCUT2D eigenvalue weighted by molar-refractivity contribution is 0.835. The second-order valence-corrected chi connectivity index (χ2v) is 9.08. The Morgan fingerprint density at radius 2 is 2.05 bits per heavy atom. The molecule has 1 aliphatic rings. The summed E-state index contributed by atoms with van der Waals surface area (Å²) in [6.07, 6.45) is 11.7. The van der Waals surface area contributed by atoms with Crippen molar-refractivity contribution in [2.45, 2.75) is 26.7 Å². The third-order valence-corrected chi connectivity index (χ3v) is 6.24.